The van der Waals surface area contributed by atoms with Crippen LogP contribution in [0.3, 0.4) is 0 Å². The van der Waals surface area contributed by atoms with Gasteiger partial charge in [-0.25, -0.2) is 8.42 Å². The SMILES string of the molecule is CC[C@@H](C)CN(CC(=O)N1CCc2sccc2[C@H]1COc1ccc(C)cc1)S(=O)(=O)c1ccc(C)cc1. The molecule has 0 saturated heterocycles. The number of amides is 1. The van der Waals surface area contributed by atoms with Crippen LogP contribution in [-0.4, -0.2) is 49.8 Å². The molecule has 1 aromatic heterocycles. The Morgan fingerprint density at radius 3 is 2.38 bits per heavy atom. The number of carbonyl (C=O) groups excluding carboxylic acids is 1. The fourth-order valence-corrected chi connectivity index (χ4v) is 6.95. The first-order valence-electron chi connectivity index (χ1n) is 12.8. The summed E-state index contributed by atoms with van der Waals surface area (Å²) >= 11 is 1.69. The number of carbonyl (C=O) groups is 1. The summed E-state index contributed by atoms with van der Waals surface area (Å²) in [6.45, 7) is 8.94. The number of rotatable bonds is 10. The zero-order valence-corrected chi connectivity index (χ0v) is 23.6. The van der Waals surface area contributed by atoms with Gasteiger partial charge in [0.05, 0.1) is 17.5 Å². The number of benzene rings is 2. The Hall–Kier alpha value is -2.68. The third-order valence-electron chi connectivity index (χ3n) is 7.03. The van der Waals surface area contributed by atoms with Gasteiger partial charge in [0.1, 0.15) is 12.4 Å². The minimum atomic E-state index is -3.83. The van der Waals surface area contributed by atoms with Crippen LogP contribution in [0, 0.1) is 19.8 Å². The zero-order valence-electron chi connectivity index (χ0n) is 22.0. The lowest BCUT2D eigenvalue weighted by Gasteiger charge is -2.37. The first-order valence-corrected chi connectivity index (χ1v) is 15.1. The average Bonchev–Trinajstić information content (AvgIpc) is 3.37. The first kappa shape index (κ1) is 27.4. The highest BCUT2D eigenvalue weighted by molar-refractivity contribution is 7.89. The van der Waals surface area contributed by atoms with E-state index in [0.29, 0.717) is 19.7 Å². The number of thiophene rings is 1. The van der Waals surface area contributed by atoms with Crippen LogP contribution in [0.15, 0.2) is 64.9 Å². The van der Waals surface area contributed by atoms with Crippen LogP contribution in [0.25, 0.3) is 0 Å². The predicted octanol–water partition coefficient (Wildman–Crippen LogP) is 5.61. The molecule has 1 amide bonds. The molecule has 1 aliphatic heterocycles. The average molecular weight is 541 g/mol. The third kappa shape index (κ3) is 6.43. The number of hydrogen-bond acceptors (Lipinski definition) is 5. The number of sulfonamides is 1. The van der Waals surface area contributed by atoms with Crippen LogP contribution < -0.4 is 4.74 Å². The Kier molecular flexibility index (Phi) is 8.72. The van der Waals surface area contributed by atoms with Crippen LogP contribution >= 0.6 is 11.3 Å². The van der Waals surface area contributed by atoms with Crippen molar-refractivity contribution in [2.45, 2.75) is 51.5 Å². The van der Waals surface area contributed by atoms with Crippen molar-refractivity contribution in [3.8, 4) is 5.75 Å². The van der Waals surface area contributed by atoms with Crippen LogP contribution in [0.4, 0.5) is 0 Å². The van der Waals surface area contributed by atoms with Gasteiger partial charge >= 0.3 is 0 Å². The molecule has 0 unspecified atom stereocenters. The number of aryl methyl sites for hydroxylation is 2. The Morgan fingerprint density at radius 2 is 1.73 bits per heavy atom. The van der Waals surface area contributed by atoms with Gasteiger partial charge in [0.15, 0.2) is 0 Å². The van der Waals surface area contributed by atoms with E-state index in [1.807, 2.05) is 52.0 Å². The van der Waals surface area contributed by atoms with Gasteiger partial charge in [0.2, 0.25) is 15.9 Å². The second-order valence-corrected chi connectivity index (χ2v) is 12.8. The largest absolute Gasteiger partial charge is 0.491 e. The summed E-state index contributed by atoms with van der Waals surface area (Å²) in [5.74, 6) is 0.674. The summed E-state index contributed by atoms with van der Waals surface area (Å²) in [5.41, 5.74) is 3.23. The highest BCUT2D eigenvalue weighted by Crippen LogP contribution is 2.34. The molecule has 2 aromatic carbocycles. The summed E-state index contributed by atoms with van der Waals surface area (Å²) in [5, 5.41) is 2.05. The normalized spacial score (nSPS) is 16.5. The van der Waals surface area contributed by atoms with Gasteiger partial charge in [-0.1, -0.05) is 55.7 Å². The van der Waals surface area contributed by atoms with Crippen molar-refractivity contribution in [3.63, 3.8) is 0 Å². The summed E-state index contributed by atoms with van der Waals surface area (Å²) in [4.78, 5) is 17.0. The van der Waals surface area contributed by atoms with Crippen molar-refractivity contribution in [1.29, 1.82) is 0 Å². The first-order chi connectivity index (χ1) is 17.7. The van der Waals surface area contributed by atoms with Gasteiger partial charge in [-0.2, -0.15) is 4.31 Å². The molecular weight excluding hydrogens is 504 g/mol. The maximum Gasteiger partial charge on any atom is 0.243 e. The van der Waals surface area contributed by atoms with Gasteiger partial charge in [-0.15, -0.1) is 11.3 Å². The number of ether oxygens (including phenoxy) is 1. The lowest BCUT2D eigenvalue weighted by atomic mass is 10.0. The Labute approximate surface area is 224 Å². The van der Waals surface area contributed by atoms with Crippen LogP contribution in [0.5, 0.6) is 5.75 Å². The highest BCUT2D eigenvalue weighted by atomic mass is 32.2. The molecule has 37 heavy (non-hydrogen) atoms. The van der Waals surface area contributed by atoms with Crippen LogP contribution in [0.1, 0.15) is 47.9 Å². The molecule has 0 saturated carbocycles. The molecule has 0 spiro atoms. The minimum Gasteiger partial charge on any atom is -0.491 e. The molecule has 0 aliphatic carbocycles. The molecular formula is C29H36N2O4S2. The molecule has 1 aliphatic rings. The van der Waals surface area contributed by atoms with E-state index in [1.54, 1.807) is 40.5 Å². The molecule has 4 rings (SSSR count). The fraction of sp³-hybridized carbons (Fsp3) is 0.414. The summed E-state index contributed by atoms with van der Waals surface area (Å²) < 4.78 is 34.7. The molecule has 0 N–H and O–H groups in total. The fourth-order valence-electron chi connectivity index (χ4n) is 4.51. The molecule has 3 aromatic rings. The molecule has 0 radical (unpaired) electrons. The predicted molar refractivity (Wildman–Crippen MR) is 149 cm³/mol. The van der Waals surface area contributed by atoms with E-state index in [2.05, 4.69) is 11.4 Å². The van der Waals surface area contributed by atoms with Crippen molar-refractivity contribution >= 4 is 27.3 Å². The van der Waals surface area contributed by atoms with Gasteiger partial charge in [-0.3, -0.25) is 4.79 Å². The summed E-state index contributed by atoms with van der Waals surface area (Å²) in [6.07, 6.45) is 1.58. The molecule has 0 fully saturated rings. The standard InChI is InChI=1S/C29H36N2O4S2/c1-5-21(2)18-30(37(33,34)25-12-8-23(4)9-13-25)19-29(32)31-16-14-28-26(15-17-36-28)27(31)20-35-24-10-6-22(3)7-11-24/h6-13,15,17,21,27H,5,14,16,18-20H2,1-4H3/t21-,27-/m1/s1. The molecule has 2 atom stereocenters. The van der Waals surface area contributed by atoms with Crippen molar-refractivity contribution < 1.29 is 17.9 Å². The second-order valence-electron chi connectivity index (χ2n) is 9.90. The lowest BCUT2D eigenvalue weighted by molar-refractivity contribution is -0.135. The number of nitrogens with zero attached hydrogens (tertiary/aromatic N) is 2. The maximum atomic E-state index is 13.8. The number of hydrogen-bond donors (Lipinski definition) is 0. The quantitative estimate of drug-likeness (QED) is 0.335. The van der Waals surface area contributed by atoms with Crippen molar-refractivity contribution in [3.05, 3.63) is 81.5 Å². The summed E-state index contributed by atoms with van der Waals surface area (Å²) in [6, 6.07) is 16.5. The second kappa shape index (κ2) is 11.8. The minimum absolute atomic E-state index is 0.124. The van der Waals surface area contributed by atoms with Gasteiger partial charge < -0.3 is 9.64 Å². The van der Waals surface area contributed by atoms with Gasteiger partial charge in [0, 0.05) is 18.0 Å². The van der Waals surface area contributed by atoms with E-state index in [4.69, 9.17) is 4.74 Å². The van der Waals surface area contributed by atoms with Gasteiger partial charge in [-0.05, 0) is 67.5 Å². The Bertz CT molecular complexity index is 1300. The topological polar surface area (TPSA) is 66.9 Å². The molecule has 2 heterocycles. The van der Waals surface area contributed by atoms with E-state index < -0.39 is 10.0 Å². The summed E-state index contributed by atoms with van der Waals surface area (Å²) in [7, 11) is -3.83. The Balaban J connectivity index is 1.58. The van der Waals surface area contributed by atoms with Crippen molar-refractivity contribution in [1.82, 2.24) is 9.21 Å². The third-order valence-corrected chi connectivity index (χ3v) is 9.85. The maximum absolute atomic E-state index is 13.8. The molecule has 198 valence electrons. The van der Waals surface area contributed by atoms with Crippen LogP contribution in [-0.2, 0) is 21.2 Å². The monoisotopic (exact) mass is 540 g/mol. The van der Waals surface area contributed by atoms with Crippen LogP contribution in [0.2, 0.25) is 0 Å². The Morgan fingerprint density at radius 1 is 1.08 bits per heavy atom. The smallest absolute Gasteiger partial charge is 0.243 e. The molecule has 8 heteroatoms. The molecule has 0 bridgehead atoms. The highest BCUT2D eigenvalue weighted by Gasteiger charge is 2.35. The van der Waals surface area contributed by atoms with Crippen molar-refractivity contribution in [2.24, 2.45) is 5.92 Å². The van der Waals surface area contributed by atoms with E-state index in [0.717, 1.165) is 35.3 Å². The van der Waals surface area contributed by atoms with E-state index >= 15 is 0 Å². The number of fused-ring (bicyclic) bond motifs is 1. The lowest BCUT2D eigenvalue weighted by Crippen LogP contribution is -2.48. The van der Waals surface area contributed by atoms with E-state index in [1.165, 1.54) is 9.18 Å². The van der Waals surface area contributed by atoms with E-state index in [-0.39, 0.29) is 29.3 Å². The van der Waals surface area contributed by atoms with E-state index in [9.17, 15) is 13.2 Å². The molecule has 6 nitrogen and oxygen atoms in total. The van der Waals surface area contributed by atoms with Gasteiger partial charge in [0.25, 0.3) is 0 Å². The van der Waals surface area contributed by atoms with Crippen molar-refractivity contribution in [2.75, 3.05) is 26.2 Å². The zero-order chi connectivity index (χ0) is 26.6.